The Morgan fingerprint density at radius 1 is 1.32 bits per heavy atom. The van der Waals surface area contributed by atoms with Gasteiger partial charge in [0.1, 0.15) is 0 Å². The van der Waals surface area contributed by atoms with Crippen LogP contribution in [0.5, 0.6) is 0 Å². The molecule has 19 heavy (non-hydrogen) atoms. The molecule has 0 unspecified atom stereocenters. The van der Waals surface area contributed by atoms with Gasteiger partial charge in [0.05, 0.1) is 0 Å². The number of hydrogen-bond acceptors (Lipinski definition) is 5. The van der Waals surface area contributed by atoms with Crippen LogP contribution in [0.25, 0.3) is 11.3 Å². The predicted octanol–water partition coefficient (Wildman–Crippen LogP) is 2.22. The monoisotopic (exact) mass is 293 g/mol. The fourth-order valence-electron chi connectivity index (χ4n) is 1.34. The van der Waals surface area contributed by atoms with Crippen LogP contribution < -0.4 is 10.9 Å². The van der Waals surface area contributed by atoms with Gasteiger partial charge in [-0.2, -0.15) is 0 Å². The Morgan fingerprint density at radius 3 is 2.74 bits per heavy atom. The molecule has 2 rings (SSSR count). The van der Waals surface area contributed by atoms with E-state index in [1.54, 1.807) is 6.07 Å². The molecule has 0 aliphatic carbocycles. The van der Waals surface area contributed by atoms with Crippen molar-refractivity contribution in [1.29, 1.82) is 0 Å². The van der Waals surface area contributed by atoms with Gasteiger partial charge >= 0.3 is 0 Å². The first-order valence-electron chi connectivity index (χ1n) is 5.37. The van der Waals surface area contributed by atoms with Crippen molar-refractivity contribution in [1.82, 2.24) is 16.0 Å². The van der Waals surface area contributed by atoms with E-state index >= 15 is 0 Å². The number of hydrogen-bond donors (Lipinski definition) is 2. The fraction of sp³-hybridized carbons (Fsp3) is 0.0833. The van der Waals surface area contributed by atoms with Crippen molar-refractivity contribution in [3.05, 3.63) is 42.1 Å². The number of carbonyl (C=O) groups excluding carboxylic acids is 1. The Kier molecular flexibility index (Phi) is 4.53. The van der Waals surface area contributed by atoms with Gasteiger partial charge in [-0.15, -0.1) is 0 Å². The van der Waals surface area contributed by atoms with Crippen molar-refractivity contribution in [2.45, 2.75) is 0 Å². The average molecular weight is 293 g/mol. The van der Waals surface area contributed by atoms with Crippen LogP contribution in [0.3, 0.4) is 0 Å². The Bertz CT molecular complexity index is 584. The number of nitrogens with one attached hydrogen (secondary N) is 2. The highest BCUT2D eigenvalue weighted by atomic mass is 32.2. The number of amides is 1. The van der Waals surface area contributed by atoms with E-state index in [1.807, 2.05) is 36.6 Å². The molecule has 0 bridgehead atoms. The standard InChI is InChI=1S/C12H11N3O2S2/c1-19-12(18)14-13-11(16)9-7-10(17-15-9)8-5-3-2-4-6-8/h2-7H,1H3,(H,13,16)(H,14,18). The summed E-state index contributed by atoms with van der Waals surface area (Å²) in [6.45, 7) is 0. The van der Waals surface area contributed by atoms with E-state index in [0.717, 1.165) is 5.56 Å². The average Bonchev–Trinajstić information content (AvgIpc) is 2.95. The Balaban J connectivity index is 2.05. The molecule has 1 amide bonds. The van der Waals surface area contributed by atoms with Crippen molar-refractivity contribution in [2.24, 2.45) is 0 Å². The van der Waals surface area contributed by atoms with Crippen molar-refractivity contribution in [3.63, 3.8) is 0 Å². The Labute approximate surface area is 119 Å². The van der Waals surface area contributed by atoms with Crippen LogP contribution in [-0.4, -0.2) is 21.6 Å². The summed E-state index contributed by atoms with van der Waals surface area (Å²) in [4.78, 5) is 11.7. The number of rotatable bonds is 2. The van der Waals surface area contributed by atoms with Crippen LogP contribution >= 0.6 is 24.0 Å². The van der Waals surface area contributed by atoms with Gasteiger partial charge in [0.15, 0.2) is 15.8 Å². The number of thiocarbonyl (C=S) groups is 1. The summed E-state index contributed by atoms with van der Waals surface area (Å²) in [6, 6.07) is 11.0. The van der Waals surface area contributed by atoms with E-state index < -0.39 is 5.91 Å². The van der Waals surface area contributed by atoms with E-state index in [0.29, 0.717) is 10.1 Å². The minimum atomic E-state index is -0.401. The molecule has 5 nitrogen and oxygen atoms in total. The third-order valence-corrected chi connectivity index (χ3v) is 3.34. The van der Waals surface area contributed by atoms with E-state index in [1.165, 1.54) is 11.8 Å². The quantitative estimate of drug-likeness (QED) is 0.654. The summed E-state index contributed by atoms with van der Waals surface area (Å²) >= 11 is 6.22. The SMILES string of the molecule is CSC(=S)NNC(=O)c1cc(-c2ccccc2)on1. The zero-order chi connectivity index (χ0) is 13.7. The number of nitrogens with zero attached hydrogens (tertiary/aromatic N) is 1. The minimum Gasteiger partial charge on any atom is -0.355 e. The fourth-order valence-corrected chi connectivity index (χ4v) is 1.55. The molecule has 1 heterocycles. The summed E-state index contributed by atoms with van der Waals surface area (Å²) in [5.41, 5.74) is 6.09. The predicted molar refractivity (Wildman–Crippen MR) is 78.7 cm³/mol. The summed E-state index contributed by atoms with van der Waals surface area (Å²) < 4.78 is 5.60. The molecular formula is C12H11N3O2S2. The van der Waals surface area contributed by atoms with Gasteiger partial charge in [0.2, 0.25) is 0 Å². The molecule has 0 spiro atoms. The second-order valence-electron chi connectivity index (χ2n) is 3.51. The van der Waals surface area contributed by atoms with Gasteiger partial charge < -0.3 is 4.52 Å². The topological polar surface area (TPSA) is 67.2 Å². The Morgan fingerprint density at radius 2 is 2.05 bits per heavy atom. The third kappa shape index (κ3) is 3.55. The first-order valence-corrected chi connectivity index (χ1v) is 7.00. The zero-order valence-electron chi connectivity index (χ0n) is 10.0. The van der Waals surface area contributed by atoms with Crippen LogP contribution in [0, 0.1) is 0 Å². The van der Waals surface area contributed by atoms with Crippen LogP contribution in [0.4, 0.5) is 0 Å². The molecule has 0 radical (unpaired) electrons. The minimum absolute atomic E-state index is 0.190. The second-order valence-corrected chi connectivity index (χ2v) is 5.00. The first kappa shape index (κ1) is 13.6. The van der Waals surface area contributed by atoms with Gasteiger partial charge in [-0.3, -0.25) is 15.6 Å². The van der Waals surface area contributed by atoms with Crippen LogP contribution in [0.2, 0.25) is 0 Å². The largest absolute Gasteiger partial charge is 0.355 e. The summed E-state index contributed by atoms with van der Waals surface area (Å²) in [5.74, 6) is 0.139. The molecule has 0 saturated heterocycles. The van der Waals surface area contributed by atoms with Gasteiger partial charge in [0, 0.05) is 11.6 Å². The maximum absolute atomic E-state index is 11.7. The van der Waals surface area contributed by atoms with Crippen LogP contribution in [-0.2, 0) is 0 Å². The molecule has 2 N–H and O–H groups in total. The van der Waals surface area contributed by atoms with Gasteiger partial charge in [-0.25, -0.2) is 0 Å². The highest BCUT2D eigenvalue weighted by molar-refractivity contribution is 8.22. The highest BCUT2D eigenvalue weighted by Crippen LogP contribution is 2.19. The molecule has 0 atom stereocenters. The van der Waals surface area contributed by atoms with Crippen LogP contribution in [0.15, 0.2) is 40.9 Å². The van der Waals surface area contributed by atoms with E-state index in [2.05, 4.69) is 16.0 Å². The number of hydrazine groups is 1. The lowest BCUT2D eigenvalue weighted by Gasteiger charge is -2.04. The van der Waals surface area contributed by atoms with E-state index in [4.69, 9.17) is 16.7 Å². The lowest BCUT2D eigenvalue weighted by Crippen LogP contribution is -2.39. The molecule has 1 aromatic carbocycles. The van der Waals surface area contributed by atoms with Crippen molar-refractivity contribution in [3.8, 4) is 11.3 Å². The van der Waals surface area contributed by atoms with Gasteiger partial charge in [-0.1, -0.05) is 59.5 Å². The molecule has 0 aliphatic heterocycles. The normalized spacial score (nSPS) is 9.95. The van der Waals surface area contributed by atoms with Crippen molar-refractivity contribution in [2.75, 3.05) is 6.26 Å². The smallest absolute Gasteiger partial charge is 0.291 e. The maximum Gasteiger partial charge on any atom is 0.291 e. The highest BCUT2D eigenvalue weighted by Gasteiger charge is 2.13. The summed E-state index contributed by atoms with van der Waals surface area (Å²) in [5, 5.41) is 3.72. The molecule has 1 aromatic heterocycles. The lowest BCUT2D eigenvalue weighted by molar-refractivity contribution is 0.0935. The Hall–Kier alpha value is -1.86. The molecular weight excluding hydrogens is 282 g/mol. The van der Waals surface area contributed by atoms with E-state index in [-0.39, 0.29) is 5.69 Å². The first-order chi connectivity index (χ1) is 9.20. The summed E-state index contributed by atoms with van der Waals surface area (Å²) in [7, 11) is 0. The van der Waals surface area contributed by atoms with Gasteiger partial charge in [0.25, 0.3) is 5.91 Å². The molecule has 98 valence electrons. The second kappa shape index (κ2) is 6.35. The molecule has 0 aliphatic rings. The molecule has 0 fully saturated rings. The molecule has 0 saturated carbocycles. The number of aromatic nitrogens is 1. The number of benzene rings is 1. The zero-order valence-corrected chi connectivity index (χ0v) is 11.7. The molecule has 2 aromatic rings. The van der Waals surface area contributed by atoms with Gasteiger partial charge in [-0.05, 0) is 6.26 Å². The third-order valence-electron chi connectivity index (χ3n) is 2.26. The molecule has 7 heteroatoms. The lowest BCUT2D eigenvalue weighted by atomic mass is 10.1. The van der Waals surface area contributed by atoms with Crippen LogP contribution in [0.1, 0.15) is 10.5 Å². The maximum atomic E-state index is 11.7. The van der Waals surface area contributed by atoms with Crippen molar-refractivity contribution < 1.29 is 9.32 Å². The number of thioether (sulfide) groups is 1. The van der Waals surface area contributed by atoms with Crippen molar-refractivity contribution >= 4 is 34.2 Å². The van der Waals surface area contributed by atoms with E-state index in [9.17, 15) is 4.79 Å². The number of carbonyl (C=O) groups is 1. The summed E-state index contributed by atoms with van der Waals surface area (Å²) in [6.07, 6.45) is 1.81.